The summed E-state index contributed by atoms with van der Waals surface area (Å²) in [6.07, 6.45) is 5.01. The van der Waals surface area contributed by atoms with Gasteiger partial charge in [-0.2, -0.15) is 0 Å². The van der Waals surface area contributed by atoms with Crippen molar-refractivity contribution in [1.82, 2.24) is 19.4 Å². The van der Waals surface area contributed by atoms with Gasteiger partial charge in [-0.1, -0.05) is 36.4 Å². The highest BCUT2D eigenvalue weighted by atomic mass is 16.5. The van der Waals surface area contributed by atoms with Crippen LogP contribution in [0.25, 0.3) is 21.8 Å². The number of hydrogen-bond acceptors (Lipinski definition) is 4. The summed E-state index contributed by atoms with van der Waals surface area (Å²) in [5.41, 5.74) is 3.94. The van der Waals surface area contributed by atoms with Crippen LogP contribution in [0.3, 0.4) is 0 Å². The molecule has 1 saturated heterocycles. The molecule has 0 spiro atoms. The van der Waals surface area contributed by atoms with Gasteiger partial charge in [0.2, 0.25) is 11.8 Å². The first-order chi connectivity index (χ1) is 17.0. The first-order valence-corrected chi connectivity index (χ1v) is 12.3. The zero-order valence-corrected chi connectivity index (χ0v) is 20.1. The molecule has 1 N–H and O–H groups in total. The number of nitrogens with zero attached hydrogens (tertiary/aromatic N) is 3. The number of benzene rings is 2. The molecule has 4 bridgehead atoms. The van der Waals surface area contributed by atoms with Crippen molar-refractivity contribution in [2.75, 3.05) is 33.9 Å². The molecule has 2 unspecified atom stereocenters. The van der Waals surface area contributed by atoms with Gasteiger partial charge in [-0.25, -0.2) is 0 Å². The fourth-order valence-electron chi connectivity index (χ4n) is 5.94. The molecule has 0 saturated carbocycles. The van der Waals surface area contributed by atoms with Crippen LogP contribution in [0.5, 0.6) is 0 Å². The summed E-state index contributed by atoms with van der Waals surface area (Å²) in [5, 5.41) is 4.69. The van der Waals surface area contributed by atoms with Crippen LogP contribution in [0.1, 0.15) is 35.4 Å². The molecule has 180 valence electrons. The van der Waals surface area contributed by atoms with E-state index in [-0.39, 0.29) is 17.9 Å². The van der Waals surface area contributed by atoms with Crippen LogP contribution in [0.4, 0.5) is 0 Å². The van der Waals surface area contributed by atoms with Gasteiger partial charge in [0, 0.05) is 59.9 Å². The molecule has 2 aliphatic rings. The third kappa shape index (κ3) is 3.66. The van der Waals surface area contributed by atoms with E-state index >= 15 is 0 Å². The maximum Gasteiger partial charge on any atom is 0.235 e. The van der Waals surface area contributed by atoms with Gasteiger partial charge < -0.3 is 18.8 Å². The number of para-hydroxylation sites is 2. The Morgan fingerprint density at radius 1 is 0.886 bits per heavy atom. The summed E-state index contributed by atoms with van der Waals surface area (Å²) in [5.74, 6) is -1.61. The van der Waals surface area contributed by atoms with E-state index in [0.717, 1.165) is 45.9 Å². The summed E-state index contributed by atoms with van der Waals surface area (Å²) >= 11 is 0. The predicted octanol–water partition coefficient (Wildman–Crippen LogP) is 3.64. The summed E-state index contributed by atoms with van der Waals surface area (Å²) < 4.78 is 10.5. The van der Waals surface area contributed by atoms with E-state index in [0.29, 0.717) is 19.8 Å². The second-order valence-corrected chi connectivity index (χ2v) is 9.93. The van der Waals surface area contributed by atoms with Crippen molar-refractivity contribution in [1.29, 1.82) is 0 Å². The highest BCUT2D eigenvalue weighted by molar-refractivity contribution is 6.13. The summed E-state index contributed by atoms with van der Waals surface area (Å²) in [7, 11) is 4.15. The van der Waals surface area contributed by atoms with Gasteiger partial charge >= 0.3 is 0 Å². The van der Waals surface area contributed by atoms with Gasteiger partial charge in [-0.3, -0.25) is 14.9 Å². The Bertz CT molecular complexity index is 1430. The molecule has 7 heteroatoms. The van der Waals surface area contributed by atoms with Crippen molar-refractivity contribution in [2.45, 2.75) is 30.8 Å². The molecule has 0 radical (unpaired) electrons. The Hall–Kier alpha value is -3.42. The van der Waals surface area contributed by atoms with Crippen LogP contribution in [-0.4, -0.2) is 59.7 Å². The van der Waals surface area contributed by atoms with Gasteiger partial charge in [-0.15, -0.1) is 0 Å². The predicted molar refractivity (Wildman–Crippen MR) is 136 cm³/mol. The molecule has 1 fully saturated rings. The van der Waals surface area contributed by atoms with Crippen molar-refractivity contribution in [3.63, 3.8) is 0 Å². The van der Waals surface area contributed by atoms with Crippen LogP contribution in [0, 0.1) is 0 Å². The quantitative estimate of drug-likeness (QED) is 0.454. The minimum absolute atomic E-state index is 0.179. The number of likely N-dealkylation sites (N-methyl/N-ethyl adjacent to an activating group) is 1. The molecule has 3 atom stereocenters. The standard InChI is InChI=1S/C28H30N4O3/c1-30(2)15-18-11-13-35-14-12-31-16-21(19-7-3-5-9-23(19)31)25-26(28(34)29-27(25)33)22-17-32(18)24-10-6-4-8-20(22)24/h3-10,16-18,25-26H,11-15H2,1-2H3,(H,29,33,34)/t18-,25?,26?/m0/s1. The molecule has 2 aromatic carbocycles. The normalized spacial score (nSPS) is 23.0. The van der Waals surface area contributed by atoms with E-state index in [1.54, 1.807) is 0 Å². The van der Waals surface area contributed by atoms with Gasteiger partial charge in [0.15, 0.2) is 0 Å². The summed E-state index contributed by atoms with van der Waals surface area (Å²) in [4.78, 5) is 28.8. The number of hydrogen-bond donors (Lipinski definition) is 1. The first kappa shape index (κ1) is 22.1. The highest BCUT2D eigenvalue weighted by Crippen LogP contribution is 2.44. The zero-order chi connectivity index (χ0) is 24.1. The maximum absolute atomic E-state index is 13.3. The fourth-order valence-corrected chi connectivity index (χ4v) is 5.94. The van der Waals surface area contributed by atoms with Crippen molar-refractivity contribution >= 4 is 33.6 Å². The molecule has 4 aromatic rings. The second kappa shape index (κ2) is 8.66. The highest BCUT2D eigenvalue weighted by Gasteiger charge is 2.46. The lowest BCUT2D eigenvalue weighted by molar-refractivity contribution is -0.125. The van der Waals surface area contributed by atoms with Crippen LogP contribution < -0.4 is 5.32 Å². The van der Waals surface area contributed by atoms with Crippen LogP contribution >= 0.6 is 0 Å². The van der Waals surface area contributed by atoms with Crippen molar-refractivity contribution in [2.24, 2.45) is 0 Å². The monoisotopic (exact) mass is 470 g/mol. The van der Waals surface area contributed by atoms with Crippen molar-refractivity contribution in [3.8, 4) is 0 Å². The molecule has 2 aromatic heterocycles. The van der Waals surface area contributed by atoms with Gasteiger partial charge in [0.25, 0.3) is 0 Å². The zero-order valence-electron chi connectivity index (χ0n) is 20.1. The average molecular weight is 471 g/mol. The summed E-state index contributed by atoms with van der Waals surface area (Å²) in [6.45, 7) is 2.78. The molecule has 2 aliphatic heterocycles. The lowest BCUT2D eigenvalue weighted by Gasteiger charge is -2.24. The number of rotatable bonds is 2. The molecule has 35 heavy (non-hydrogen) atoms. The SMILES string of the molecule is CN(C)C[C@@H]1CCOCCn2cc(c3ccccc32)C2C(=O)NC(=O)C2c2cn1c1ccccc21. The Morgan fingerprint density at radius 2 is 1.51 bits per heavy atom. The Morgan fingerprint density at radius 3 is 2.23 bits per heavy atom. The average Bonchev–Trinajstić information content (AvgIpc) is 3.48. The first-order valence-electron chi connectivity index (χ1n) is 12.3. The molecular formula is C28H30N4O3. The van der Waals surface area contributed by atoms with E-state index in [4.69, 9.17) is 4.74 Å². The maximum atomic E-state index is 13.3. The van der Waals surface area contributed by atoms with Gasteiger partial charge in [0.05, 0.1) is 18.4 Å². The molecule has 2 amide bonds. The van der Waals surface area contributed by atoms with E-state index in [2.05, 4.69) is 57.8 Å². The third-order valence-corrected chi connectivity index (χ3v) is 7.45. The van der Waals surface area contributed by atoms with Crippen molar-refractivity contribution in [3.05, 3.63) is 72.1 Å². The number of amides is 2. The van der Waals surface area contributed by atoms with Crippen LogP contribution in [0.15, 0.2) is 60.9 Å². The second-order valence-electron chi connectivity index (χ2n) is 9.93. The lowest BCUT2D eigenvalue weighted by Crippen LogP contribution is -2.25. The van der Waals surface area contributed by atoms with Gasteiger partial charge in [-0.05, 0) is 43.8 Å². The molecule has 0 aliphatic carbocycles. The molecular weight excluding hydrogens is 440 g/mol. The molecule has 4 heterocycles. The lowest BCUT2D eigenvalue weighted by atomic mass is 9.83. The number of ether oxygens (including phenoxy) is 1. The third-order valence-electron chi connectivity index (χ3n) is 7.45. The number of imide groups is 1. The van der Waals surface area contributed by atoms with Crippen LogP contribution in [-0.2, 0) is 20.9 Å². The molecule has 6 rings (SSSR count). The number of carbonyl (C=O) groups is 2. The number of nitrogens with one attached hydrogen (secondary N) is 1. The van der Waals surface area contributed by atoms with E-state index < -0.39 is 11.8 Å². The number of fused-ring (bicyclic) bond motifs is 13. The Balaban J connectivity index is 1.59. The van der Waals surface area contributed by atoms with Crippen LogP contribution in [0.2, 0.25) is 0 Å². The smallest absolute Gasteiger partial charge is 0.235 e. The largest absolute Gasteiger partial charge is 0.380 e. The van der Waals surface area contributed by atoms with E-state index in [1.165, 1.54) is 0 Å². The fraction of sp³-hybridized carbons (Fsp3) is 0.357. The minimum Gasteiger partial charge on any atom is -0.380 e. The van der Waals surface area contributed by atoms with E-state index in [9.17, 15) is 9.59 Å². The number of carbonyl (C=O) groups excluding carboxylic acids is 2. The summed E-state index contributed by atoms with van der Waals surface area (Å²) in [6, 6.07) is 16.5. The van der Waals surface area contributed by atoms with E-state index in [1.807, 2.05) is 36.5 Å². The van der Waals surface area contributed by atoms with Gasteiger partial charge in [0.1, 0.15) is 0 Å². The Kier molecular flexibility index (Phi) is 5.46. The number of aromatic nitrogens is 2. The molecule has 7 nitrogen and oxygen atoms in total. The topological polar surface area (TPSA) is 68.5 Å². The Labute approximate surface area is 204 Å². The minimum atomic E-state index is -0.580. The van der Waals surface area contributed by atoms with Crippen molar-refractivity contribution < 1.29 is 14.3 Å².